The second kappa shape index (κ2) is 7.60. The molecule has 3 nitrogen and oxygen atoms in total. The number of thiophene rings is 1. The molecule has 2 rings (SSSR count). The SMILES string of the molecule is N#Cc1ccc(NC(=O)CCCc2ccc(Br)s2)cc1Cl. The molecule has 1 aromatic carbocycles. The Morgan fingerprint density at radius 1 is 1.38 bits per heavy atom. The van der Waals surface area contributed by atoms with Crippen molar-refractivity contribution >= 4 is 50.5 Å². The van der Waals surface area contributed by atoms with E-state index in [2.05, 4.69) is 27.3 Å². The molecule has 1 heterocycles. The van der Waals surface area contributed by atoms with Crippen LogP contribution in [0, 0.1) is 11.3 Å². The van der Waals surface area contributed by atoms with Crippen LogP contribution < -0.4 is 5.32 Å². The third-order valence-corrected chi connectivity index (χ3v) is 4.83. The quantitative estimate of drug-likeness (QED) is 0.790. The number of halogens is 2. The Labute approximate surface area is 140 Å². The van der Waals surface area contributed by atoms with Crippen molar-refractivity contribution in [3.8, 4) is 6.07 Å². The van der Waals surface area contributed by atoms with Gasteiger partial charge in [-0.1, -0.05) is 11.6 Å². The van der Waals surface area contributed by atoms with Gasteiger partial charge in [-0.3, -0.25) is 4.79 Å². The molecule has 2 aromatic rings. The first kappa shape index (κ1) is 16.0. The number of hydrogen-bond donors (Lipinski definition) is 1. The maximum atomic E-state index is 11.8. The Kier molecular flexibility index (Phi) is 5.80. The van der Waals surface area contributed by atoms with E-state index in [1.54, 1.807) is 29.5 Å². The first-order valence-electron chi connectivity index (χ1n) is 6.32. The van der Waals surface area contributed by atoms with Crippen LogP contribution in [0.15, 0.2) is 34.1 Å². The Bertz CT molecular complexity index is 693. The molecule has 0 unspecified atom stereocenters. The number of nitrogens with zero attached hydrogens (tertiary/aromatic N) is 1. The molecular formula is C15H12BrClN2OS. The average molecular weight is 384 g/mol. The summed E-state index contributed by atoms with van der Waals surface area (Å²) in [5.74, 6) is -0.0496. The number of benzene rings is 1. The number of hydrogen-bond acceptors (Lipinski definition) is 3. The van der Waals surface area contributed by atoms with Crippen molar-refractivity contribution in [2.45, 2.75) is 19.3 Å². The Balaban J connectivity index is 1.82. The lowest BCUT2D eigenvalue weighted by molar-refractivity contribution is -0.116. The van der Waals surface area contributed by atoms with Crippen molar-refractivity contribution in [1.29, 1.82) is 5.26 Å². The number of nitrogens with one attached hydrogen (secondary N) is 1. The van der Waals surface area contributed by atoms with Gasteiger partial charge in [0.2, 0.25) is 5.91 Å². The molecule has 0 aliphatic rings. The Hall–Kier alpha value is -1.35. The van der Waals surface area contributed by atoms with Gasteiger partial charge in [0, 0.05) is 17.0 Å². The number of rotatable bonds is 5. The molecule has 0 saturated heterocycles. The van der Waals surface area contributed by atoms with Crippen LogP contribution in [-0.2, 0) is 11.2 Å². The van der Waals surface area contributed by atoms with Gasteiger partial charge in [-0.2, -0.15) is 5.26 Å². The molecule has 108 valence electrons. The minimum atomic E-state index is -0.0496. The van der Waals surface area contributed by atoms with E-state index in [-0.39, 0.29) is 5.91 Å². The molecule has 1 N–H and O–H groups in total. The summed E-state index contributed by atoms with van der Waals surface area (Å²) in [6.07, 6.45) is 2.13. The van der Waals surface area contributed by atoms with E-state index in [4.69, 9.17) is 16.9 Å². The van der Waals surface area contributed by atoms with E-state index in [1.165, 1.54) is 4.88 Å². The lowest BCUT2D eigenvalue weighted by Crippen LogP contribution is -2.11. The summed E-state index contributed by atoms with van der Waals surface area (Å²) < 4.78 is 1.11. The van der Waals surface area contributed by atoms with Crippen LogP contribution in [0.3, 0.4) is 0 Å². The van der Waals surface area contributed by atoms with E-state index in [1.807, 2.05) is 12.1 Å². The highest BCUT2D eigenvalue weighted by atomic mass is 79.9. The fourth-order valence-corrected chi connectivity index (χ4v) is 3.56. The second-order valence-electron chi connectivity index (χ2n) is 4.41. The molecule has 0 atom stereocenters. The van der Waals surface area contributed by atoms with Crippen LogP contribution in [0.2, 0.25) is 5.02 Å². The third-order valence-electron chi connectivity index (χ3n) is 2.83. The van der Waals surface area contributed by atoms with E-state index >= 15 is 0 Å². The number of carbonyl (C=O) groups excluding carboxylic acids is 1. The lowest BCUT2D eigenvalue weighted by Gasteiger charge is -2.06. The van der Waals surface area contributed by atoms with Gasteiger partial charge in [0.1, 0.15) is 6.07 Å². The van der Waals surface area contributed by atoms with Gasteiger partial charge in [0.25, 0.3) is 0 Å². The fraction of sp³-hybridized carbons (Fsp3) is 0.200. The van der Waals surface area contributed by atoms with Gasteiger partial charge in [-0.15, -0.1) is 11.3 Å². The van der Waals surface area contributed by atoms with Gasteiger partial charge in [-0.05, 0) is 59.1 Å². The minimum Gasteiger partial charge on any atom is -0.326 e. The number of carbonyl (C=O) groups is 1. The zero-order valence-electron chi connectivity index (χ0n) is 11.0. The molecule has 0 fully saturated rings. The molecule has 0 saturated carbocycles. The lowest BCUT2D eigenvalue weighted by atomic mass is 10.2. The standard InChI is InChI=1S/C15H12BrClN2OS/c16-14-7-6-12(21-14)2-1-3-15(20)19-11-5-4-10(9-18)13(17)8-11/h4-8H,1-3H2,(H,19,20). The zero-order valence-corrected chi connectivity index (χ0v) is 14.2. The van der Waals surface area contributed by atoms with Crippen molar-refractivity contribution in [2.75, 3.05) is 5.32 Å². The van der Waals surface area contributed by atoms with Crippen LogP contribution in [-0.4, -0.2) is 5.91 Å². The van der Waals surface area contributed by atoms with Crippen LogP contribution >= 0.6 is 38.9 Å². The van der Waals surface area contributed by atoms with E-state index in [0.29, 0.717) is 22.7 Å². The molecular weight excluding hydrogens is 372 g/mol. The van der Waals surface area contributed by atoms with Gasteiger partial charge in [-0.25, -0.2) is 0 Å². The van der Waals surface area contributed by atoms with Gasteiger partial charge in [0.05, 0.1) is 14.4 Å². The van der Waals surface area contributed by atoms with Gasteiger partial charge >= 0.3 is 0 Å². The van der Waals surface area contributed by atoms with Crippen molar-refractivity contribution in [1.82, 2.24) is 0 Å². The van der Waals surface area contributed by atoms with Crippen molar-refractivity contribution in [3.63, 3.8) is 0 Å². The molecule has 0 aliphatic carbocycles. The van der Waals surface area contributed by atoms with E-state index < -0.39 is 0 Å². The molecule has 0 bridgehead atoms. The van der Waals surface area contributed by atoms with Crippen LogP contribution in [0.4, 0.5) is 5.69 Å². The Morgan fingerprint density at radius 2 is 2.19 bits per heavy atom. The topological polar surface area (TPSA) is 52.9 Å². The number of nitriles is 1. The predicted octanol–water partition coefficient (Wildman–Crippen LogP) is 5.00. The summed E-state index contributed by atoms with van der Waals surface area (Å²) in [4.78, 5) is 13.1. The summed E-state index contributed by atoms with van der Waals surface area (Å²) in [6, 6.07) is 10.9. The van der Waals surface area contributed by atoms with Crippen molar-refractivity contribution in [2.24, 2.45) is 0 Å². The third kappa shape index (κ3) is 4.85. The maximum absolute atomic E-state index is 11.8. The van der Waals surface area contributed by atoms with E-state index in [9.17, 15) is 4.79 Å². The highest BCUT2D eigenvalue weighted by Crippen LogP contribution is 2.24. The molecule has 0 radical (unpaired) electrons. The smallest absolute Gasteiger partial charge is 0.224 e. The number of amides is 1. The first-order valence-corrected chi connectivity index (χ1v) is 8.31. The largest absolute Gasteiger partial charge is 0.326 e. The van der Waals surface area contributed by atoms with E-state index in [0.717, 1.165) is 16.6 Å². The maximum Gasteiger partial charge on any atom is 0.224 e. The van der Waals surface area contributed by atoms with Crippen LogP contribution in [0.1, 0.15) is 23.3 Å². The predicted molar refractivity (Wildman–Crippen MR) is 89.8 cm³/mol. The number of aryl methyl sites for hydroxylation is 1. The van der Waals surface area contributed by atoms with Crippen LogP contribution in [0.5, 0.6) is 0 Å². The summed E-state index contributed by atoms with van der Waals surface area (Å²) >= 11 is 11.0. The zero-order chi connectivity index (χ0) is 15.2. The first-order chi connectivity index (χ1) is 10.1. The summed E-state index contributed by atoms with van der Waals surface area (Å²) in [6.45, 7) is 0. The number of anilines is 1. The van der Waals surface area contributed by atoms with Crippen molar-refractivity contribution < 1.29 is 4.79 Å². The average Bonchev–Trinajstić information content (AvgIpc) is 2.84. The van der Waals surface area contributed by atoms with Crippen molar-refractivity contribution in [3.05, 3.63) is 49.6 Å². The molecule has 6 heteroatoms. The minimum absolute atomic E-state index is 0.0496. The Morgan fingerprint density at radius 3 is 2.81 bits per heavy atom. The van der Waals surface area contributed by atoms with Gasteiger partial charge < -0.3 is 5.32 Å². The summed E-state index contributed by atoms with van der Waals surface area (Å²) in [5, 5.41) is 11.9. The fourth-order valence-electron chi connectivity index (χ4n) is 1.82. The molecule has 0 spiro atoms. The summed E-state index contributed by atoms with van der Waals surface area (Å²) in [5.41, 5.74) is 1.01. The highest BCUT2D eigenvalue weighted by Gasteiger charge is 2.06. The second-order valence-corrected chi connectivity index (χ2v) is 7.37. The monoisotopic (exact) mass is 382 g/mol. The molecule has 1 aromatic heterocycles. The normalized spacial score (nSPS) is 10.1. The molecule has 21 heavy (non-hydrogen) atoms. The van der Waals surface area contributed by atoms with Gasteiger partial charge in [0.15, 0.2) is 0 Å². The highest BCUT2D eigenvalue weighted by molar-refractivity contribution is 9.11. The van der Waals surface area contributed by atoms with Crippen LogP contribution in [0.25, 0.3) is 0 Å². The molecule has 0 aliphatic heterocycles. The molecule has 1 amide bonds. The summed E-state index contributed by atoms with van der Waals surface area (Å²) in [7, 11) is 0.